The molecule has 0 aliphatic carbocycles. The third kappa shape index (κ3) is 6.34. The number of hydrogen-bond donors (Lipinski definition) is 3. The molecule has 186 valence electrons. The van der Waals surface area contributed by atoms with E-state index in [0.717, 1.165) is 17.0 Å². The lowest BCUT2D eigenvalue weighted by molar-refractivity contribution is -0.119. The predicted molar refractivity (Wildman–Crippen MR) is 134 cm³/mol. The van der Waals surface area contributed by atoms with Gasteiger partial charge < -0.3 is 25.8 Å². The van der Waals surface area contributed by atoms with Crippen molar-refractivity contribution in [1.82, 2.24) is 4.90 Å². The van der Waals surface area contributed by atoms with Crippen molar-refractivity contribution in [2.75, 3.05) is 23.9 Å². The molecule has 1 atom stereocenters. The van der Waals surface area contributed by atoms with E-state index in [1.54, 1.807) is 19.2 Å². The maximum Gasteiger partial charge on any atom is 0.414 e. The number of amides is 3. The van der Waals surface area contributed by atoms with Gasteiger partial charge in [-0.2, -0.15) is 4.99 Å². The number of nitrogens with zero attached hydrogens (tertiary/aromatic N) is 3. The molecule has 2 aromatic carbocycles. The van der Waals surface area contributed by atoms with E-state index in [0.29, 0.717) is 24.3 Å². The van der Waals surface area contributed by atoms with Crippen molar-refractivity contribution in [2.24, 2.45) is 10.7 Å². The Kier molecular flexibility index (Phi) is 8.42. The molecule has 12 heteroatoms. The highest BCUT2D eigenvalue weighted by atomic mass is 35.5. The zero-order valence-corrected chi connectivity index (χ0v) is 20.6. The molecule has 2 aromatic rings. The number of methoxy groups -OCH3 is 1. The van der Waals surface area contributed by atoms with E-state index in [1.807, 2.05) is 17.0 Å². The summed E-state index contributed by atoms with van der Waals surface area (Å²) in [6.07, 6.45) is -0.0708. The Morgan fingerprint density at radius 3 is 2.40 bits per heavy atom. The number of nitrogens with one attached hydrogen (secondary N) is 1. The second-order valence-corrected chi connectivity index (χ2v) is 8.66. The molecule has 35 heavy (non-hydrogen) atoms. The number of hydrogen-bond acceptors (Lipinski definition) is 5. The first-order valence-electron chi connectivity index (χ1n) is 10.7. The molecule has 1 unspecified atom stereocenters. The van der Waals surface area contributed by atoms with E-state index in [9.17, 15) is 19.5 Å². The van der Waals surface area contributed by atoms with E-state index in [2.05, 4.69) is 10.3 Å². The second-order valence-electron chi connectivity index (χ2n) is 7.84. The third-order valence-electron chi connectivity index (χ3n) is 5.42. The molecule has 0 aromatic heterocycles. The number of nitrogens with two attached hydrogens (primary N) is 1. The molecule has 4 N–H and O–H groups in total. The monoisotopic (exact) mass is 521 g/mol. The first kappa shape index (κ1) is 26.1. The number of halogens is 2. The lowest BCUT2D eigenvalue weighted by Gasteiger charge is -2.25. The Morgan fingerprint density at radius 2 is 1.86 bits per heavy atom. The summed E-state index contributed by atoms with van der Waals surface area (Å²) < 4.78 is 5.17. The molecule has 1 heterocycles. The number of carbonyl (C=O) groups excluding carboxylic acids is 2. The Balaban J connectivity index is 1.79. The number of carbonyl (C=O) groups is 3. The van der Waals surface area contributed by atoms with Crippen LogP contribution in [-0.2, 0) is 16.1 Å². The maximum absolute atomic E-state index is 13.0. The van der Waals surface area contributed by atoms with Gasteiger partial charge in [0.2, 0.25) is 11.9 Å². The van der Waals surface area contributed by atoms with Gasteiger partial charge in [-0.1, -0.05) is 23.2 Å². The lowest BCUT2D eigenvalue weighted by atomic mass is 10.2. The minimum atomic E-state index is -1.41. The van der Waals surface area contributed by atoms with Gasteiger partial charge in [-0.15, -0.1) is 0 Å². The van der Waals surface area contributed by atoms with E-state index in [4.69, 9.17) is 33.7 Å². The quantitative estimate of drug-likeness (QED) is 0.386. The van der Waals surface area contributed by atoms with Gasteiger partial charge in [0.1, 0.15) is 11.8 Å². The standard InChI is InChI=1S/C23H25Cl2N5O5/c1-13(31)27-20-17(24)10-14(11-18(20)25)12-30(23(33)34)22(26)28-21(32)19-4-3-9-29(19)15-5-7-16(35-2)8-6-15/h5-8,10-11,19H,3-4,9,12H2,1-2H3,(H,27,31)(H,33,34)(H2,26,28,32). The molecular weight excluding hydrogens is 497 g/mol. The molecule has 10 nitrogen and oxygen atoms in total. The van der Waals surface area contributed by atoms with Crippen LogP contribution in [0.5, 0.6) is 5.75 Å². The summed E-state index contributed by atoms with van der Waals surface area (Å²) in [4.78, 5) is 42.7. The van der Waals surface area contributed by atoms with Crippen LogP contribution in [0.1, 0.15) is 25.3 Å². The Morgan fingerprint density at radius 1 is 1.23 bits per heavy atom. The van der Waals surface area contributed by atoms with Crippen LogP contribution in [0, 0.1) is 0 Å². The van der Waals surface area contributed by atoms with Crippen LogP contribution in [0.15, 0.2) is 41.4 Å². The third-order valence-corrected chi connectivity index (χ3v) is 6.01. The molecule has 1 saturated heterocycles. The Labute approximate surface area is 212 Å². The number of carboxylic acid groups (broad SMARTS) is 1. The minimum absolute atomic E-state index is 0.126. The molecular formula is C23H25Cl2N5O5. The van der Waals surface area contributed by atoms with Crippen molar-refractivity contribution >= 4 is 58.4 Å². The smallest absolute Gasteiger partial charge is 0.414 e. The zero-order chi connectivity index (χ0) is 25.7. The molecule has 3 amide bonds. The summed E-state index contributed by atoms with van der Waals surface area (Å²) in [6.45, 7) is 1.70. The molecule has 1 aliphatic rings. The largest absolute Gasteiger partial charge is 0.497 e. The van der Waals surface area contributed by atoms with E-state index in [1.165, 1.54) is 19.1 Å². The highest BCUT2D eigenvalue weighted by Gasteiger charge is 2.32. The number of benzene rings is 2. The van der Waals surface area contributed by atoms with Crippen molar-refractivity contribution in [3.8, 4) is 5.75 Å². The molecule has 1 fully saturated rings. The van der Waals surface area contributed by atoms with Gasteiger partial charge in [-0.3, -0.25) is 9.59 Å². The van der Waals surface area contributed by atoms with Gasteiger partial charge in [0.25, 0.3) is 5.91 Å². The predicted octanol–water partition coefficient (Wildman–Crippen LogP) is 3.95. The number of aliphatic imine (C=N–C) groups is 1. The summed E-state index contributed by atoms with van der Waals surface area (Å²) in [5.41, 5.74) is 7.38. The van der Waals surface area contributed by atoms with Crippen molar-refractivity contribution in [3.05, 3.63) is 52.0 Å². The fourth-order valence-corrected chi connectivity index (χ4v) is 4.42. The molecule has 0 bridgehead atoms. The second kappa shape index (κ2) is 11.3. The summed E-state index contributed by atoms with van der Waals surface area (Å²) in [7, 11) is 1.57. The highest BCUT2D eigenvalue weighted by molar-refractivity contribution is 6.39. The van der Waals surface area contributed by atoms with Crippen LogP contribution < -0.4 is 20.7 Å². The number of guanidine groups is 1. The van der Waals surface area contributed by atoms with Crippen LogP contribution in [0.2, 0.25) is 10.0 Å². The maximum atomic E-state index is 13.0. The molecule has 0 saturated carbocycles. The van der Waals surface area contributed by atoms with Gasteiger partial charge >= 0.3 is 6.09 Å². The van der Waals surface area contributed by atoms with Crippen molar-refractivity contribution in [2.45, 2.75) is 32.4 Å². The van der Waals surface area contributed by atoms with Gasteiger partial charge in [-0.05, 0) is 54.8 Å². The first-order valence-corrected chi connectivity index (χ1v) is 11.4. The summed E-state index contributed by atoms with van der Waals surface area (Å²) in [6, 6.07) is 9.62. The highest BCUT2D eigenvalue weighted by Crippen LogP contribution is 2.32. The fraction of sp³-hybridized carbons (Fsp3) is 0.304. The van der Waals surface area contributed by atoms with Gasteiger partial charge in [-0.25, -0.2) is 9.69 Å². The molecule has 0 radical (unpaired) electrons. The van der Waals surface area contributed by atoms with Crippen molar-refractivity contribution in [1.29, 1.82) is 0 Å². The molecule has 3 rings (SSSR count). The van der Waals surface area contributed by atoms with Crippen molar-refractivity contribution in [3.63, 3.8) is 0 Å². The van der Waals surface area contributed by atoms with Gasteiger partial charge in [0.05, 0.1) is 29.4 Å². The first-order chi connectivity index (χ1) is 16.6. The van der Waals surface area contributed by atoms with E-state index < -0.39 is 24.0 Å². The van der Waals surface area contributed by atoms with Crippen LogP contribution in [0.3, 0.4) is 0 Å². The number of ether oxygens (including phenoxy) is 1. The van der Waals surface area contributed by atoms with Crippen LogP contribution in [0.25, 0.3) is 0 Å². The van der Waals surface area contributed by atoms with Gasteiger partial charge in [0, 0.05) is 19.2 Å². The number of rotatable bonds is 6. The summed E-state index contributed by atoms with van der Waals surface area (Å²) in [5, 5.41) is 12.4. The summed E-state index contributed by atoms with van der Waals surface area (Å²) in [5.74, 6) is -0.680. The SMILES string of the molecule is COc1ccc(N2CCCC2C(=O)N=C(N)N(Cc2cc(Cl)c(NC(C)=O)c(Cl)c2)C(=O)O)cc1. The van der Waals surface area contributed by atoms with Crippen LogP contribution >= 0.6 is 23.2 Å². The number of anilines is 2. The van der Waals surface area contributed by atoms with E-state index >= 15 is 0 Å². The molecule has 1 aliphatic heterocycles. The normalized spacial score (nSPS) is 15.6. The average Bonchev–Trinajstić information content (AvgIpc) is 3.29. The molecule has 0 spiro atoms. The van der Waals surface area contributed by atoms with Crippen LogP contribution in [-0.4, -0.2) is 53.6 Å². The Hall–Kier alpha value is -3.50. The minimum Gasteiger partial charge on any atom is -0.497 e. The van der Waals surface area contributed by atoms with Crippen molar-refractivity contribution < 1.29 is 24.2 Å². The average molecular weight is 522 g/mol. The fourth-order valence-electron chi connectivity index (χ4n) is 3.80. The van der Waals surface area contributed by atoms with Gasteiger partial charge in [0.15, 0.2) is 0 Å². The van der Waals surface area contributed by atoms with E-state index in [-0.39, 0.29) is 28.2 Å². The summed E-state index contributed by atoms with van der Waals surface area (Å²) >= 11 is 12.4. The zero-order valence-electron chi connectivity index (χ0n) is 19.1. The topological polar surface area (TPSA) is 138 Å². The lowest BCUT2D eigenvalue weighted by Crippen LogP contribution is -2.43. The Bertz CT molecular complexity index is 1130. The van der Waals surface area contributed by atoms with Crippen LogP contribution in [0.4, 0.5) is 16.2 Å².